The zero-order valence-corrected chi connectivity index (χ0v) is 19.2. The van der Waals surface area contributed by atoms with Crippen molar-refractivity contribution in [1.29, 1.82) is 0 Å². The van der Waals surface area contributed by atoms with E-state index in [9.17, 15) is 17.6 Å². The number of carbonyl (C=O) groups excluding carboxylic acids is 1. The van der Waals surface area contributed by atoms with E-state index in [1.807, 2.05) is 4.90 Å². The van der Waals surface area contributed by atoms with E-state index in [0.717, 1.165) is 70.9 Å². The van der Waals surface area contributed by atoms with Gasteiger partial charge in [-0.3, -0.25) is 9.69 Å². The Morgan fingerprint density at radius 2 is 1.77 bits per heavy atom. The number of piperidine rings is 1. The van der Waals surface area contributed by atoms with E-state index in [1.165, 1.54) is 29.9 Å². The van der Waals surface area contributed by atoms with Crippen molar-refractivity contribution >= 4 is 15.9 Å². The number of benzene rings is 1. The quantitative estimate of drug-likeness (QED) is 0.571. The first-order valence-electron chi connectivity index (χ1n) is 11.2. The molecule has 0 atom stereocenters. The minimum Gasteiger partial charge on any atom is -0.379 e. The van der Waals surface area contributed by atoms with Crippen molar-refractivity contribution in [2.45, 2.75) is 37.0 Å². The third-order valence-electron chi connectivity index (χ3n) is 6.31. The highest BCUT2D eigenvalue weighted by atomic mass is 32.2. The zero-order valence-electron chi connectivity index (χ0n) is 18.3. The summed E-state index contributed by atoms with van der Waals surface area (Å²) in [6.07, 6.45) is 4.05. The molecule has 0 N–H and O–H groups in total. The standard InChI is InChI=1S/C22H34FN3O4S/c1-24(31(28,29)21-6-4-20(23)5-7-21)11-2-3-22(27)26-13-9-19(10-14-26)8-12-25-15-17-30-18-16-25/h4-7,19H,2-3,8-18H2,1H3. The molecule has 1 amide bonds. The van der Waals surface area contributed by atoms with E-state index in [4.69, 9.17) is 4.74 Å². The van der Waals surface area contributed by atoms with E-state index in [2.05, 4.69) is 4.90 Å². The average Bonchev–Trinajstić information content (AvgIpc) is 2.79. The molecule has 2 aliphatic rings. The Labute approximate surface area is 185 Å². The van der Waals surface area contributed by atoms with E-state index in [0.29, 0.717) is 18.8 Å². The van der Waals surface area contributed by atoms with Crippen LogP contribution in [0.4, 0.5) is 4.39 Å². The van der Waals surface area contributed by atoms with E-state index in [1.54, 1.807) is 0 Å². The maximum atomic E-state index is 13.0. The van der Waals surface area contributed by atoms with Gasteiger partial charge in [-0.15, -0.1) is 0 Å². The van der Waals surface area contributed by atoms with Crippen molar-refractivity contribution in [3.63, 3.8) is 0 Å². The van der Waals surface area contributed by atoms with Crippen LogP contribution in [0.1, 0.15) is 32.1 Å². The third-order valence-corrected chi connectivity index (χ3v) is 8.18. The van der Waals surface area contributed by atoms with Gasteiger partial charge in [0, 0.05) is 46.2 Å². The van der Waals surface area contributed by atoms with Crippen molar-refractivity contribution in [2.75, 3.05) is 59.5 Å². The molecule has 7 nitrogen and oxygen atoms in total. The Balaban J connectivity index is 1.35. The molecule has 2 saturated heterocycles. The molecule has 0 radical (unpaired) electrons. The topological polar surface area (TPSA) is 70.2 Å². The summed E-state index contributed by atoms with van der Waals surface area (Å²) in [6.45, 7) is 6.62. The number of hydrogen-bond donors (Lipinski definition) is 0. The second-order valence-electron chi connectivity index (χ2n) is 8.45. The summed E-state index contributed by atoms with van der Waals surface area (Å²) in [6, 6.07) is 4.79. The molecule has 9 heteroatoms. The van der Waals surface area contributed by atoms with Crippen LogP contribution >= 0.6 is 0 Å². The largest absolute Gasteiger partial charge is 0.379 e. The number of ether oxygens (including phenoxy) is 1. The van der Waals surface area contributed by atoms with Gasteiger partial charge < -0.3 is 9.64 Å². The lowest BCUT2D eigenvalue weighted by Crippen LogP contribution is -2.41. The molecule has 2 fully saturated rings. The Bertz CT molecular complexity index is 805. The minimum absolute atomic E-state index is 0.0573. The van der Waals surface area contributed by atoms with Gasteiger partial charge in [-0.1, -0.05) is 0 Å². The number of halogens is 1. The van der Waals surface area contributed by atoms with Crippen molar-refractivity contribution < 1.29 is 22.3 Å². The van der Waals surface area contributed by atoms with E-state index >= 15 is 0 Å². The second kappa shape index (κ2) is 11.4. The molecule has 1 aromatic carbocycles. The lowest BCUT2D eigenvalue weighted by molar-refractivity contribution is -0.132. The highest BCUT2D eigenvalue weighted by Crippen LogP contribution is 2.22. The molecule has 0 unspecified atom stereocenters. The van der Waals surface area contributed by atoms with Gasteiger partial charge in [-0.25, -0.2) is 17.1 Å². The first-order chi connectivity index (χ1) is 14.9. The maximum absolute atomic E-state index is 13.0. The Morgan fingerprint density at radius 3 is 2.42 bits per heavy atom. The first-order valence-corrected chi connectivity index (χ1v) is 12.6. The van der Waals surface area contributed by atoms with Crippen LogP contribution in [0.3, 0.4) is 0 Å². The van der Waals surface area contributed by atoms with Gasteiger partial charge in [-0.05, 0) is 62.4 Å². The van der Waals surface area contributed by atoms with E-state index < -0.39 is 15.8 Å². The van der Waals surface area contributed by atoms with Gasteiger partial charge in [0.25, 0.3) is 0 Å². The van der Waals surface area contributed by atoms with Crippen molar-refractivity contribution in [3.05, 3.63) is 30.1 Å². The zero-order chi connectivity index (χ0) is 22.3. The van der Waals surface area contributed by atoms with Crippen LogP contribution in [0.2, 0.25) is 0 Å². The predicted octanol–water partition coefficient (Wildman–Crippen LogP) is 2.19. The highest BCUT2D eigenvalue weighted by molar-refractivity contribution is 7.89. The fourth-order valence-electron chi connectivity index (χ4n) is 4.18. The minimum atomic E-state index is -3.67. The number of rotatable bonds is 9. The number of amides is 1. The molecule has 1 aromatic rings. The molecule has 0 saturated carbocycles. The molecular formula is C22H34FN3O4S. The average molecular weight is 456 g/mol. The summed E-state index contributed by atoms with van der Waals surface area (Å²) < 4.78 is 44.7. The molecule has 3 rings (SSSR count). The summed E-state index contributed by atoms with van der Waals surface area (Å²) in [5.74, 6) is 0.287. The van der Waals surface area contributed by atoms with Crippen LogP contribution in [-0.2, 0) is 19.6 Å². The molecule has 0 bridgehead atoms. The van der Waals surface area contributed by atoms with Crippen molar-refractivity contribution in [3.8, 4) is 0 Å². The molecule has 174 valence electrons. The van der Waals surface area contributed by atoms with Crippen LogP contribution in [-0.4, -0.2) is 88.0 Å². The normalized spacial score (nSPS) is 19.1. The molecule has 31 heavy (non-hydrogen) atoms. The van der Waals surface area contributed by atoms with Crippen LogP contribution in [0.25, 0.3) is 0 Å². The monoisotopic (exact) mass is 455 g/mol. The Morgan fingerprint density at radius 1 is 1.13 bits per heavy atom. The molecule has 0 aliphatic carbocycles. The van der Waals surface area contributed by atoms with Crippen molar-refractivity contribution in [1.82, 2.24) is 14.1 Å². The van der Waals surface area contributed by atoms with Gasteiger partial charge in [-0.2, -0.15) is 0 Å². The van der Waals surface area contributed by atoms with Gasteiger partial charge in [0.15, 0.2) is 0 Å². The summed E-state index contributed by atoms with van der Waals surface area (Å²) in [5.41, 5.74) is 0. The molecular weight excluding hydrogens is 421 g/mol. The molecule has 0 aromatic heterocycles. The molecule has 2 aliphatic heterocycles. The van der Waals surface area contributed by atoms with Crippen LogP contribution in [0.5, 0.6) is 0 Å². The first kappa shape index (κ1) is 24.1. The number of sulfonamides is 1. The Kier molecular flexibility index (Phi) is 8.83. The number of hydrogen-bond acceptors (Lipinski definition) is 5. The number of nitrogens with zero attached hydrogens (tertiary/aromatic N) is 3. The summed E-state index contributed by atoms with van der Waals surface area (Å²) >= 11 is 0. The Hall–Kier alpha value is -1.55. The summed E-state index contributed by atoms with van der Waals surface area (Å²) in [5, 5.41) is 0. The fraction of sp³-hybridized carbons (Fsp3) is 0.682. The van der Waals surface area contributed by atoms with Gasteiger partial charge in [0.2, 0.25) is 15.9 Å². The molecule has 2 heterocycles. The fourth-order valence-corrected chi connectivity index (χ4v) is 5.39. The third kappa shape index (κ3) is 6.97. The molecule has 0 spiro atoms. The highest BCUT2D eigenvalue weighted by Gasteiger charge is 2.24. The maximum Gasteiger partial charge on any atom is 0.242 e. The van der Waals surface area contributed by atoms with Crippen LogP contribution in [0.15, 0.2) is 29.2 Å². The van der Waals surface area contributed by atoms with Crippen LogP contribution < -0.4 is 0 Å². The lowest BCUT2D eigenvalue weighted by atomic mass is 9.93. The smallest absolute Gasteiger partial charge is 0.242 e. The van der Waals surface area contributed by atoms with Crippen molar-refractivity contribution in [2.24, 2.45) is 5.92 Å². The number of carbonyl (C=O) groups is 1. The van der Waals surface area contributed by atoms with Gasteiger partial charge >= 0.3 is 0 Å². The van der Waals surface area contributed by atoms with E-state index in [-0.39, 0.29) is 17.3 Å². The second-order valence-corrected chi connectivity index (χ2v) is 10.5. The number of morpholine rings is 1. The van der Waals surface area contributed by atoms with Gasteiger partial charge in [0.1, 0.15) is 5.82 Å². The SMILES string of the molecule is CN(CCCC(=O)N1CCC(CCN2CCOCC2)CC1)S(=O)(=O)c1ccc(F)cc1. The lowest BCUT2D eigenvalue weighted by Gasteiger charge is -2.34. The summed E-state index contributed by atoms with van der Waals surface area (Å²) in [7, 11) is -2.18. The van der Waals surface area contributed by atoms with Crippen LogP contribution in [0, 0.1) is 11.7 Å². The number of likely N-dealkylation sites (tertiary alicyclic amines) is 1. The predicted molar refractivity (Wildman–Crippen MR) is 117 cm³/mol. The summed E-state index contributed by atoms with van der Waals surface area (Å²) in [4.78, 5) is 17.0. The van der Waals surface area contributed by atoms with Gasteiger partial charge in [0.05, 0.1) is 18.1 Å².